The maximum atomic E-state index is 12.6. The first-order valence-electron chi connectivity index (χ1n) is 9.51. The van der Waals surface area contributed by atoms with Crippen molar-refractivity contribution in [3.63, 3.8) is 0 Å². The van der Waals surface area contributed by atoms with E-state index in [1.165, 1.54) is 10.9 Å². The highest BCUT2D eigenvalue weighted by atomic mass is 16.2. The van der Waals surface area contributed by atoms with Crippen LogP contribution in [0.4, 0.5) is 5.69 Å². The molecule has 0 atom stereocenters. The van der Waals surface area contributed by atoms with E-state index < -0.39 is 0 Å². The van der Waals surface area contributed by atoms with Crippen LogP contribution in [0.25, 0.3) is 10.9 Å². The molecule has 7 nitrogen and oxygen atoms in total. The van der Waals surface area contributed by atoms with Gasteiger partial charge in [-0.3, -0.25) is 19.0 Å². The second-order valence-electron chi connectivity index (χ2n) is 7.19. The lowest BCUT2D eigenvalue weighted by molar-refractivity contribution is -0.116. The molecule has 0 unspecified atom stereocenters. The Kier molecular flexibility index (Phi) is 6.07. The fourth-order valence-electron chi connectivity index (χ4n) is 3.06. The van der Waals surface area contributed by atoms with Crippen molar-refractivity contribution >= 4 is 28.4 Å². The summed E-state index contributed by atoms with van der Waals surface area (Å²) < 4.78 is 1.43. The fraction of sp³-hybridized carbons (Fsp3) is 0.273. The normalized spacial score (nSPS) is 10.9. The Labute approximate surface area is 168 Å². The minimum atomic E-state index is -0.286. The van der Waals surface area contributed by atoms with Crippen LogP contribution < -0.4 is 16.2 Å². The van der Waals surface area contributed by atoms with Crippen molar-refractivity contribution in [3.8, 4) is 0 Å². The SMILES string of the molecule is Cc1cccc2c(=O)n(CCC(=O)Nc3ccccc3C(=O)NC(C)C)cnc12. The molecular weight excluding hydrogens is 368 g/mol. The van der Waals surface area contributed by atoms with E-state index in [4.69, 9.17) is 0 Å². The van der Waals surface area contributed by atoms with E-state index in [-0.39, 0.29) is 36.4 Å². The van der Waals surface area contributed by atoms with Crippen LogP contribution in [0, 0.1) is 6.92 Å². The second kappa shape index (κ2) is 8.68. The number of fused-ring (bicyclic) bond motifs is 1. The molecule has 29 heavy (non-hydrogen) atoms. The zero-order valence-electron chi connectivity index (χ0n) is 16.7. The van der Waals surface area contributed by atoms with Gasteiger partial charge in [0.1, 0.15) is 0 Å². The molecule has 0 saturated carbocycles. The summed E-state index contributed by atoms with van der Waals surface area (Å²) in [5, 5.41) is 6.11. The molecule has 150 valence electrons. The van der Waals surface area contributed by atoms with Crippen LogP contribution in [0.15, 0.2) is 53.6 Å². The summed E-state index contributed by atoms with van der Waals surface area (Å²) in [6, 6.07) is 12.3. The van der Waals surface area contributed by atoms with E-state index in [0.717, 1.165) is 5.56 Å². The number of amides is 2. The van der Waals surface area contributed by atoms with Gasteiger partial charge in [-0.2, -0.15) is 0 Å². The number of anilines is 1. The number of carbonyl (C=O) groups excluding carboxylic acids is 2. The van der Waals surface area contributed by atoms with Gasteiger partial charge < -0.3 is 10.6 Å². The molecule has 3 rings (SSSR count). The van der Waals surface area contributed by atoms with Crippen LogP contribution in [0.2, 0.25) is 0 Å². The maximum Gasteiger partial charge on any atom is 0.261 e. The van der Waals surface area contributed by atoms with E-state index in [0.29, 0.717) is 22.2 Å². The number of benzene rings is 2. The number of rotatable bonds is 6. The summed E-state index contributed by atoms with van der Waals surface area (Å²) in [5.41, 5.74) is 2.26. The number of aromatic nitrogens is 2. The average Bonchev–Trinajstić information content (AvgIpc) is 2.68. The zero-order chi connectivity index (χ0) is 21.0. The molecule has 0 aliphatic carbocycles. The Hall–Kier alpha value is -3.48. The average molecular weight is 392 g/mol. The number of aryl methyl sites for hydroxylation is 2. The Morgan fingerprint density at radius 1 is 1.10 bits per heavy atom. The fourth-order valence-corrected chi connectivity index (χ4v) is 3.06. The Balaban J connectivity index is 1.72. The highest BCUT2D eigenvalue weighted by Crippen LogP contribution is 2.16. The molecule has 0 aliphatic rings. The van der Waals surface area contributed by atoms with Crippen LogP contribution in [-0.4, -0.2) is 27.4 Å². The molecule has 2 amide bonds. The van der Waals surface area contributed by atoms with Crippen molar-refractivity contribution in [2.75, 3.05) is 5.32 Å². The summed E-state index contributed by atoms with van der Waals surface area (Å²) in [7, 11) is 0. The summed E-state index contributed by atoms with van der Waals surface area (Å²) >= 11 is 0. The highest BCUT2D eigenvalue weighted by molar-refractivity contribution is 6.03. The first kappa shape index (κ1) is 20.3. The van der Waals surface area contributed by atoms with E-state index >= 15 is 0 Å². The molecule has 0 fully saturated rings. The maximum absolute atomic E-state index is 12.6. The predicted octanol–water partition coefficient (Wildman–Crippen LogP) is 2.87. The largest absolute Gasteiger partial charge is 0.350 e. The lowest BCUT2D eigenvalue weighted by Crippen LogP contribution is -2.31. The van der Waals surface area contributed by atoms with Gasteiger partial charge >= 0.3 is 0 Å². The Morgan fingerprint density at radius 3 is 2.62 bits per heavy atom. The van der Waals surface area contributed by atoms with Crippen molar-refractivity contribution in [2.24, 2.45) is 0 Å². The van der Waals surface area contributed by atoms with Crippen molar-refractivity contribution in [1.29, 1.82) is 0 Å². The van der Waals surface area contributed by atoms with Gasteiger partial charge in [-0.05, 0) is 44.5 Å². The molecule has 0 radical (unpaired) electrons. The van der Waals surface area contributed by atoms with Crippen molar-refractivity contribution < 1.29 is 9.59 Å². The van der Waals surface area contributed by atoms with Crippen LogP contribution in [-0.2, 0) is 11.3 Å². The second-order valence-corrected chi connectivity index (χ2v) is 7.19. The van der Waals surface area contributed by atoms with Crippen LogP contribution >= 0.6 is 0 Å². The molecule has 2 aromatic carbocycles. The van der Waals surface area contributed by atoms with Crippen molar-refractivity contribution in [3.05, 3.63) is 70.3 Å². The first-order chi connectivity index (χ1) is 13.9. The Bertz CT molecular complexity index is 1120. The molecule has 0 spiro atoms. The van der Waals surface area contributed by atoms with E-state index in [1.54, 1.807) is 30.3 Å². The molecule has 0 aliphatic heterocycles. The Morgan fingerprint density at radius 2 is 1.86 bits per heavy atom. The van der Waals surface area contributed by atoms with Crippen molar-refractivity contribution in [1.82, 2.24) is 14.9 Å². The minimum Gasteiger partial charge on any atom is -0.350 e. The summed E-state index contributed by atoms with van der Waals surface area (Å²) in [6.45, 7) is 5.84. The van der Waals surface area contributed by atoms with Gasteiger partial charge in [0.05, 0.1) is 28.5 Å². The third kappa shape index (κ3) is 4.68. The zero-order valence-corrected chi connectivity index (χ0v) is 16.7. The number of nitrogens with one attached hydrogen (secondary N) is 2. The van der Waals surface area contributed by atoms with Gasteiger partial charge in [-0.25, -0.2) is 4.98 Å². The first-order valence-corrected chi connectivity index (χ1v) is 9.51. The molecule has 2 N–H and O–H groups in total. The predicted molar refractivity (Wildman–Crippen MR) is 113 cm³/mol. The van der Waals surface area contributed by atoms with E-state index in [2.05, 4.69) is 15.6 Å². The van der Waals surface area contributed by atoms with Crippen LogP contribution in [0.5, 0.6) is 0 Å². The van der Waals surface area contributed by atoms with Crippen LogP contribution in [0.3, 0.4) is 0 Å². The number of hydrogen-bond donors (Lipinski definition) is 2. The third-order valence-corrected chi connectivity index (χ3v) is 4.50. The molecule has 0 bridgehead atoms. The topological polar surface area (TPSA) is 93.1 Å². The molecule has 0 saturated heterocycles. The van der Waals surface area contributed by atoms with Crippen molar-refractivity contribution in [2.45, 2.75) is 39.8 Å². The lowest BCUT2D eigenvalue weighted by atomic mass is 10.1. The standard InChI is InChI=1S/C22H24N4O3/c1-14(2)24-21(28)16-8-4-5-10-18(16)25-19(27)11-12-26-13-23-20-15(3)7-6-9-17(20)22(26)29/h4-10,13-14H,11-12H2,1-3H3,(H,24,28)(H,25,27). The summed E-state index contributed by atoms with van der Waals surface area (Å²) in [6.07, 6.45) is 1.55. The van der Waals surface area contributed by atoms with Gasteiger partial charge in [0, 0.05) is 19.0 Å². The van der Waals surface area contributed by atoms with Gasteiger partial charge in [-0.1, -0.05) is 24.3 Å². The highest BCUT2D eigenvalue weighted by Gasteiger charge is 2.14. The smallest absolute Gasteiger partial charge is 0.261 e. The summed E-state index contributed by atoms with van der Waals surface area (Å²) in [4.78, 5) is 41.7. The lowest BCUT2D eigenvalue weighted by Gasteiger charge is -2.13. The van der Waals surface area contributed by atoms with E-state index in [9.17, 15) is 14.4 Å². The molecular formula is C22H24N4O3. The van der Waals surface area contributed by atoms with Gasteiger partial charge in [0.15, 0.2) is 0 Å². The van der Waals surface area contributed by atoms with Crippen LogP contribution in [0.1, 0.15) is 36.2 Å². The number of nitrogens with zero attached hydrogens (tertiary/aromatic N) is 2. The molecule has 1 aromatic heterocycles. The molecule has 7 heteroatoms. The number of carbonyl (C=O) groups is 2. The minimum absolute atomic E-state index is 0.0119. The van der Waals surface area contributed by atoms with Gasteiger partial charge in [0.2, 0.25) is 5.91 Å². The molecule has 1 heterocycles. The monoisotopic (exact) mass is 392 g/mol. The number of hydrogen-bond acceptors (Lipinski definition) is 4. The van der Waals surface area contributed by atoms with Gasteiger partial charge in [0.25, 0.3) is 11.5 Å². The van der Waals surface area contributed by atoms with E-state index in [1.807, 2.05) is 32.9 Å². The quantitative estimate of drug-likeness (QED) is 0.675. The number of para-hydroxylation sites is 2. The van der Waals surface area contributed by atoms with Gasteiger partial charge in [-0.15, -0.1) is 0 Å². The molecule has 3 aromatic rings. The third-order valence-electron chi connectivity index (χ3n) is 4.50. The summed E-state index contributed by atoms with van der Waals surface area (Å²) in [5.74, 6) is -0.535.